The second kappa shape index (κ2) is 7.36. The van der Waals surface area contributed by atoms with Crippen LogP contribution in [0.15, 0.2) is 6.20 Å². The number of carbonyl (C=O) groups excluding carboxylic acids is 2. The molecular weight excluding hydrogens is 278 g/mol. The molecule has 1 unspecified atom stereocenters. The number of hydrogen-bond donors (Lipinski definition) is 2. The summed E-state index contributed by atoms with van der Waals surface area (Å²) in [6, 6.07) is -0.653. The van der Waals surface area contributed by atoms with E-state index in [1.165, 1.54) is 0 Å². The number of aromatic nitrogens is 3. The Balaban J connectivity index is 2.56. The zero-order valence-electron chi connectivity index (χ0n) is 12.2. The van der Waals surface area contributed by atoms with Crippen LogP contribution in [0.25, 0.3) is 0 Å². The number of aromatic carboxylic acids is 1. The Morgan fingerprint density at radius 3 is 2.48 bits per heavy atom. The molecule has 0 saturated carbocycles. The van der Waals surface area contributed by atoms with Gasteiger partial charge in [-0.3, -0.25) is 9.59 Å². The van der Waals surface area contributed by atoms with Crippen LogP contribution in [0.4, 0.5) is 0 Å². The maximum absolute atomic E-state index is 12.0. The lowest BCUT2D eigenvalue weighted by molar-refractivity contribution is -0.135. The van der Waals surface area contributed by atoms with Crippen LogP contribution < -0.4 is 5.32 Å². The van der Waals surface area contributed by atoms with Gasteiger partial charge in [-0.25, -0.2) is 9.48 Å². The summed E-state index contributed by atoms with van der Waals surface area (Å²) in [6.45, 7) is 6.26. The Morgan fingerprint density at radius 1 is 1.38 bits per heavy atom. The van der Waals surface area contributed by atoms with Gasteiger partial charge in [-0.2, -0.15) is 0 Å². The number of hydrogen-bond acceptors (Lipinski definition) is 5. The third kappa shape index (κ3) is 4.55. The standard InChI is InChI=1S/C12H19N5O4/c1-4-16(5-2)11(19)8(3)13-10(18)7-17-6-9(12(20)21)14-15-17/h6,8H,4-5,7H2,1-3H3,(H,13,18)(H,20,21). The largest absolute Gasteiger partial charge is 0.476 e. The maximum Gasteiger partial charge on any atom is 0.358 e. The van der Waals surface area contributed by atoms with Crippen molar-refractivity contribution >= 4 is 17.8 Å². The first kappa shape index (κ1) is 16.6. The molecule has 0 fully saturated rings. The van der Waals surface area contributed by atoms with E-state index in [-0.39, 0.29) is 18.1 Å². The molecule has 116 valence electrons. The average molecular weight is 297 g/mol. The molecule has 1 aromatic rings. The highest BCUT2D eigenvalue weighted by Gasteiger charge is 2.20. The van der Waals surface area contributed by atoms with Crippen LogP contribution in [0, 0.1) is 0 Å². The molecule has 0 saturated heterocycles. The number of carboxylic acids is 1. The minimum absolute atomic E-state index is 0.168. The molecule has 21 heavy (non-hydrogen) atoms. The van der Waals surface area contributed by atoms with E-state index < -0.39 is 17.9 Å². The van der Waals surface area contributed by atoms with Crippen LogP contribution >= 0.6 is 0 Å². The molecule has 0 aromatic carbocycles. The number of rotatable bonds is 7. The van der Waals surface area contributed by atoms with Crippen molar-refractivity contribution in [2.75, 3.05) is 13.1 Å². The molecule has 1 rings (SSSR count). The van der Waals surface area contributed by atoms with Gasteiger partial charge in [0, 0.05) is 13.1 Å². The summed E-state index contributed by atoms with van der Waals surface area (Å²) < 4.78 is 1.10. The fourth-order valence-corrected chi connectivity index (χ4v) is 1.78. The first-order valence-corrected chi connectivity index (χ1v) is 6.60. The number of carbonyl (C=O) groups is 3. The summed E-state index contributed by atoms with van der Waals surface area (Å²) in [7, 11) is 0. The average Bonchev–Trinajstić information content (AvgIpc) is 2.88. The Hall–Kier alpha value is -2.45. The van der Waals surface area contributed by atoms with Crippen molar-refractivity contribution in [1.29, 1.82) is 0 Å². The lowest BCUT2D eigenvalue weighted by Gasteiger charge is -2.23. The number of amides is 2. The third-order valence-electron chi connectivity index (χ3n) is 2.89. The molecule has 0 aliphatic rings. The summed E-state index contributed by atoms with van der Waals surface area (Å²) in [5, 5.41) is 18.2. The van der Waals surface area contributed by atoms with Crippen LogP contribution in [0.2, 0.25) is 0 Å². The predicted octanol–water partition coefficient (Wildman–Crippen LogP) is -0.651. The molecular formula is C12H19N5O4. The number of likely N-dealkylation sites (N-methyl/N-ethyl adjacent to an activating group) is 1. The molecule has 9 heteroatoms. The first-order valence-electron chi connectivity index (χ1n) is 6.60. The topological polar surface area (TPSA) is 117 Å². The highest BCUT2D eigenvalue weighted by molar-refractivity contribution is 5.87. The van der Waals surface area contributed by atoms with E-state index in [4.69, 9.17) is 5.11 Å². The van der Waals surface area contributed by atoms with E-state index in [1.54, 1.807) is 11.8 Å². The van der Waals surface area contributed by atoms with Crippen molar-refractivity contribution in [3.63, 3.8) is 0 Å². The van der Waals surface area contributed by atoms with Crippen molar-refractivity contribution in [3.05, 3.63) is 11.9 Å². The Kier molecular flexibility index (Phi) is 5.82. The highest BCUT2D eigenvalue weighted by Crippen LogP contribution is 1.96. The first-order chi connectivity index (χ1) is 9.88. The fraction of sp³-hybridized carbons (Fsp3) is 0.583. The Labute approximate surface area is 121 Å². The van der Waals surface area contributed by atoms with Crippen molar-refractivity contribution < 1.29 is 19.5 Å². The second-order valence-corrected chi connectivity index (χ2v) is 4.41. The van der Waals surface area contributed by atoms with Gasteiger partial charge in [0.05, 0.1) is 6.20 Å². The molecule has 1 atom stereocenters. The van der Waals surface area contributed by atoms with Crippen molar-refractivity contribution in [1.82, 2.24) is 25.2 Å². The molecule has 9 nitrogen and oxygen atoms in total. The molecule has 2 amide bonds. The Morgan fingerprint density at radius 2 is 2.00 bits per heavy atom. The summed E-state index contributed by atoms with van der Waals surface area (Å²) in [6.07, 6.45) is 1.15. The smallest absolute Gasteiger partial charge is 0.358 e. The quantitative estimate of drug-likeness (QED) is 0.690. The summed E-state index contributed by atoms with van der Waals surface area (Å²) >= 11 is 0. The second-order valence-electron chi connectivity index (χ2n) is 4.41. The third-order valence-corrected chi connectivity index (χ3v) is 2.89. The zero-order valence-corrected chi connectivity index (χ0v) is 12.2. The summed E-state index contributed by atoms with van der Waals surface area (Å²) in [5.41, 5.74) is -0.241. The van der Waals surface area contributed by atoms with Crippen LogP contribution in [0.5, 0.6) is 0 Å². The SMILES string of the molecule is CCN(CC)C(=O)C(C)NC(=O)Cn1cc(C(=O)O)nn1. The van der Waals surface area contributed by atoms with Crippen molar-refractivity contribution in [3.8, 4) is 0 Å². The number of nitrogens with zero attached hydrogens (tertiary/aromatic N) is 4. The van der Waals surface area contributed by atoms with Crippen LogP contribution in [0.1, 0.15) is 31.3 Å². The highest BCUT2D eigenvalue weighted by atomic mass is 16.4. The van der Waals surface area contributed by atoms with Crippen LogP contribution in [-0.4, -0.2) is 61.9 Å². The van der Waals surface area contributed by atoms with Gasteiger partial charge in [-0.15, -0.1) is 5.10 Å². The van der Waals surface area contributed by atoms with E-state index in [9.17, 15) is 14.4 Å². The van der Waals surface area contributed by atoms with Gasteiger partial charge in [0.15, 0.2) is 5.69 Å². The molecule has 0 radical (unpaired) electrons. The number of carboxylic acid groups (broad SMARTS) is 1. The summed E-state index contributed by atoms with van der Waals surface area (Å²) in [4.78, 5) is 36.0. The van der Waals surface area contributed by atoms with Crippen LogP contribution in [0.3, 0.4) is 0 Å². The minimum atomic E-state index is -1.22. The zero-order chi connectivity index (χ0) is 16.0. The van der Waals surface area contributed by atoms with Gasteiger partial charge in [-0.1, -0.05) is 5.21 Å². The summed E-state index contributed by atoms with van der Waals surface area (Å²) in [5.74, 6) is -1.82. The van der Waals surface area contributed by atoms with E-state index in [2.05, 4.69) is 15.6 Å². The molecule has 2 N–H and O–H groups in total. The molecule has 1 heterocycles. The lowest BCUT2D eigenvalue weighted by atomic mass is 10.2. The minimum Gasteiger partial charge on any atom is -0.476 e. The van der Waals surface area contributed by atoms with Crippen molar-refractivity contribution in [2.45, 2.75) is 33.4 Å². The van der Waals surface area contributed by atoms with Crippen molar-refractivity contribution in [2.24, 2.45) is 0 Å². The maximum atomic E-state index is 12.0. The van der Waals surface area contributed by atoms with Gasteiger partial charge in [-0.05, 0) is 20.8 Å². The van der Waals surface area contributed by atoms with E-state index in [0.717, 1.165) is 10.9 Å². The molecule has 0 aliphatic heterocycles. The van der Waals surface area contributed by atoms with Gasteiger partial charge in [0.2, 0.25) is 11.8 Å². The van der Waals surface area contributed by atoms with Gasteiger partial charge in [0.25, 0.3) is 0 Å². The van der Waals surface area contributed by atoms with E-state index in [1.807, 2.05) is 13.8 Å². The van der Waals surface area contributed by atoms with Gasteiger partial charge in [0.1, 0.15) is 12.6 Å². The normalized spacial score (nSPS) is 11.8. The van der Waals surface area contributed by atoms with Gasteiger partial charge >= 0.3 is 5.97 Å². The predicted molar refractivity (Wildman–Crippen MR) is 72.5 cm³/mol. The molecule has 0 aliphatic carbocycles. The van der Waals surface area contributed by atoms with Crippen LogP contribution in [-0.2, 0) is 16.1 Å². The lowest BCUT2D eigenvalue weighted by Crippen LogP contribution is -2.47. The fourth-order valence-electron chi connectivity index (χ4n) is 1.78. The molecule has 0 bridgehead atoms. The monoisotopic (exact) mass is 297 g/mol. The Bertz CT molecular complexity index is 523. The van der Waals surface area contributed by atoms with Gasteiger partial charge < -0.3 is 15.3 Å². The molecule has 1 aromatic heterocycles. The molecule has 0 spiro atoms. The van der Waals surface area contributed by atoms with E-state index in [0.29, 0.717) is 13.1 Å². The van der Waals surface area contributed by atoms with E-state index >= 15 is 0 Å². The number of nitrogens with one attached hydrogen (secondary N) is 1.